The lowest BCUT2D eigenvalue weighted by molar-refractivity contribution is -0.659. The molecule has 2 heterocycles. The number of rotatable bonds is 4. The Morgan fingerprint density at radius 3 is 2.03 bits per heavy atom. The molecule has 4 rings (SSSR count). The molecule has 2 nitrogen and oxygen atoms in total. The zero-order chi connectivity index (χ0) is 20.7. The second-order valence-electron chi connectivity index (χ2n) is 8.71. The molecule has 0 radical (unpaired) electrons. The van der Waals surface area contributed by atoms with Crippen LogP contribution in [-0.2, 0) is 7.05 Å². The molecular weight excluding hydrogens is 352 g/mol. The normalized spacial score (nSPS) is 11.7. The highest BCUT2D eigenvalue weighted by molar-refractivity contribution is 5.84. The lowest BCUT2D eigenvalue weighted by atomic mass is 9.92. The first-order valence-electron chi connectivity index (χ1n) is 10.6. The number of aryl methyl sites for hydroxylation is 2. The Bertz CT molecular complexity index is 1150. The van der Waals surface area contributed by atoms with Crippen molar-refractivity contribution in [3.05, 3.63) is 83.7 Å². The standard InChI is InChI=1S/C27H31N2/c1-18(2)23-12-9-13-24(19(3)4)27(23)29-15-14-20(5)26(29)25-16-21-10-7-8-11-22(21)17-28(25)6/h7-19H,1-6H3/q+1. The van der Waals surface area contributed by atoms with Crippen molar-refractivity contribution >= 4 is 10.8 Å². The van der Waals surface area contributed by atoms with Crippen LogP contribution in [0.2, 0.25) is 0 Å². The number of pyridine rings is 1. The van der Waals surface area contributed by atoms with Gasteiger partial charge < -0.3 is 4.57 Å². The molecule has 2 aromatic heterocycles. The van der Waals surface area contributed by atoms with Crippen molar-refractivity contribution in [1.29, 1.82) is 0 Å². The Morgan fingerprint density at radius 2 is 1.41 bits per heavy atom. The first-order valence-corrected chi connectivity index (χ1v) is 10.6. The van der Waals surface area contributed by atoms with Crippen molar-refractivity contribution < 1.29 is 4.57 Å². The Labute approximate surface area is 174 Å². The van der Waals surface area contributed by atoms with E-state index in [9.17, 15) is 0 Å². The maximum atomic E-state index is 2.42. The van der Waals surface area contributed by atoms with E-state index in [0.29, 0.717) is 11.8 Å². The molecule has 0 atom stereocenters. The predicted molar refractivity (Wildman–Crippen MR) is 123 cm³/mol. The fraction of sp³-hybridized carbons (Fsp3) is 0.296. The van der Waals surface area contributed by atoms with Gasteiger partial charge in [-0.15, -0.1) is 0 Å². The average molecular weight is 384 g/mol. The van der Waals surface area contributed by atoms with Crippen LogP contribution in [0.1, 0.15) is 56.2 Å². The molecule has 0 amide bonds. The van der Waals surface area contributed by atoms with Crippen molar-refractivity contribution in [3.8, 4) is 17.1 Å². The van der Waals surface area contributed by atoms with Gasteiger partial charge >= 0.3 is 0 Å². The number of para-hydroxylation sites is 1. The van der Waals surface area contributed by atoms with E-state index in [1.807, 2.05) is 0 Å². The Morgan fingerprint density at radius 1 is 0.793 bits per heavy atom. The molecular formula is C27H31N2+. The molecule has 0 saturated carbocycles. The lowest BCUT2D eigenvalue weighted by Gasteiger charge is -2.22. The third-order valence-corrected chi connectivity index (χ3v) is 5.91. The van der Waals surface area contributed by atoms with E-state index in [0.717, 1.165) is 0 Å². The van der Waals surface area contributed by atoms with Gasteiger partial charge in [-0.05, 0) is 53.0 Å². The Hall–Kier alpha value is -2.87. The predicted octanol–water partition coefficient (Wildman–Crippen LogP) is 6.68. The van der Waals surface area contributed by atoms with Gasteiger partial charge in [-0.2, -0.15) is 4.57 Å². The minimum Gasteiger partial charge on any atom is -0.311 e. The smallest absolute Gasteiger partial charge is 0.230 e. The van der Waals surface area contributed by atoms with E-state index in [4.69, 9.17) is 0 Å². The zero-order valence-corrected chi connectivity index (χ0v) is 18.4. The minimum atomic E-state index is 0.463. The van der Waals surface area contributed by atoms with E-state index >= 15 is 0 Å². The summed E-state index contributed by atoms with van der Waals surface area (Å²) in [5.41, 5.74) is 7.94. The highest BCUT2D eigenvalue weighted by atomic mass is 15.0. The molecule has 0 spiro atoms. The molecule has 0 aliphatic heterocycles. The summed E-state index contributed by atoms with van der Waals surface area (Å²) in [5.74, 6) is 0.925. The first-order chi connectivity index (χ1) is 13.9. The van der Waals surface area contributed by atoms with Crippen LogP contribution in [0.3, 0.4) is 0 Å². The monoisotopic (exact) mass is 383 g/mol. The van der Waals surface area contributed by atoms with Crippen molar-refractivity contribution in [2.75, 3.05) is 0 Å². The molecule has 0 fully saturated rings. The van der Waals surface area contributed by atoms with Gasteiger partial charge in [-0.3, -0.25) is 0 Å². The van der Waals surface area contributed by atoms with E-state index in [-0.39, 0.29) is 0 Å². The van der Waals surface area contributed by atoms with Crippen molar-refractivity contribution in [2.24, 2.45) is 7.05 Å². The van der Waals surface area contributed by atoms with Gasteiger partial charge in [-0.25, -0.2) is 0 Å². The maximum absolute atomic E-state index is 2.42. The SMILES string of the molecule is Cc1ccn(-c2c(C(C)C)cccc2C(C)C)c1-c1cc2ccccc2c[n+]1C. The van der Waals surface area contributed by atoms with Crippen LogP contribution in [-0.4, -0.2) is 4.57 Å². The van der Waals surface area contributed by atoms with E-state index < -0.39 is 0 Å². The summed E-state index contributed by atoms with van der Waals surface area (Å²) >= 11 is 0. The number of benzene rings is 2. The van der Waals surface area contributed by atoms with Crippen molar-refractivity contribution in [2.45, 2.75) is 46.5 Å². The van der Waals surface area contributed by atoms with E-state index in [1.54, 1.807) is 0 Å². The largest absolute Gasteiger partial charge is 0.311 e. The molecule has 0 saturated heterocycles. The topological polar surface area (TPSA) is 8.81 Å². The third kappa shape index (κ3) is 3.37. The van der Waals surface area contributed by atoms with Crippen molar-refractivity contribution in [3.63, 3.8) is 0 Å². The molecule has 2 aromatic carbocycles. The summed E-state index contributed by atoms with van der Waals surface area (Å²) in [6, 6.07) is 19.9. The minimum absolute atomic E-state index is 0.463. The average Bonchev–Trinajstić information content (AvgIpc) is 3.07. The van der Waals surface area contributed by atoms with Gasteiger partial charge in [0.1, 0.15) is 12.7 Å². The molecule has 0 N–H and O–H groups in total. The Kier molecular flexibility index (Phi) is 5.04. The summed E-state index contributed by atoms with van der Waals surface area (Å²) in [6.45, 7) is 11.4. The van der Waals surface area contributed by atoms with Gasteiger partial charge in [0.15, 0.2) is 6.20 Å². The number of fused-ring (bicyclic) bond motifs is 1. The summed E-state index contributed by atoms with van der Waals surface area (Å²) in [7, 11) is 2.15. The summed E-state index contributed by atoms with van der Waals surface area (Å²) in [5, 5.41) is 2.54. The van der Waals surface area contributed by atoms with Crippen LogP contribution in [0.5, 0.6) is 0 Å². The van der Waals surface area contributed by atoms with Gasteiger partial charge in [0.05, 0.1) is 5.69 Å². The number of aromatic nitrogens is 2. The summed E-state index contributed by atoms with van der Waals surface area (Å²) in [4.78, 5) is 0. The summed E-state index contributed by atoms with van der Waals surface area (Å²) < 4.78 is 4.68. The molecule has 0 aliphatic carbocycles. The third-order valence-electron chi connectivity index (χ3n) is 5.91. The van der Waals surface area contributed by atoms with Crippen molar-refractivity contribution in [1.82, 2.24) is 4.57 Å². The van der Waals surface area contributed by atoms with Crippen LogP contribution < -0.4 is 4.57 Å². The molecule has 0 aliphatic rings. The zero-order valence-electron chi connectivity index (χ0n) is 18.4. The Balaban J connectivity index is 2.04. The quantitative estimate of drug-likeness (QED) is 0.348. The number of hydrogen-bond donors (Lipinski definition) is 0. The molecule has 2 heteroatoms. The number of hydrogen-bond acceptors (Lipinski definition) is 0. The van der Waals surface area contributed by atoms with Gasteiger partial charge in [-0.1, -0.05) is 64.1 Å². The van der Waals surface area contributed by atoms with Gasteiger partial charge in [0, 0.05) is 17.6 Å². The van der Waals surface area contributed by atoms with Crippen LogP contribution in [0.15, 0.2) is 67.0 Å². The van der Waals surface area contributed by atoms with Gasteiger partial charge in [0.25, 0.3) is 0 Å². The van der Waals surface area contributed by atoms with Crippen LogP contribution >= 0.6 is 0 Å². The fourth-order valence-electron chi connectivity index (χ4n) is 4.35. The number of nitrogens with zero attached hydrogens (tertiary/aromatic N) is 2. The van der Waals surface area contributed by atoms with Crippen LogP contribution in [0.4, 0.5) is 0 Å². The van der Waals surface area contributed by atoms with E-state index in [2.05, 4.69) is 118 Å². The highest BCUT2D eigenvalue weighted by Gasteiger charge is 2.23. The highest BCUT2D eigenvalue weighted by Crippen LogP contribution is 2.35. The molecule has 29 heavy (non-hydrogen) atoms. The molecule has 0 unspecified atom stereocenters. The second-order valence-corrected chi connectivity index (χ2v) is 8.71. The lowest BCUT2D eigenvalue weighted by Crippen LogP contribution is -2.31. The fourth-order valence-corrected chi connectivity index (χ4v) is 4.35. The molecule has 0 bridgehead atoms. The molecule has 4 aromatic rings. The maximum Gasteiger partial charge on any atom is 0.230 e. The van der Waals surface area contributed by atoms with Gasteiger partial charge in [0.2, 0.25) is 5.69 Å². The van der Waals surface area contributed by atoms with E-state index in [1.165, 1.54) is 44.5 Å². The van der Waals surface area contributed by atoms with Crippen LogP contribution in [0.25, 0.3) is 27.8 Å². The van der Waals surface area contributed by atoms with Crippen LogP contribution in [0, 0.1) is 6.92 Å². The second kappa shape index (κ2) is 7.51. The summed E-state index contributed by atoms with van der Waals surface area (Å²) in [6.07, 6.45) is 4.48. The molecule has 148 valence electrons. The first kappa shape index (κ1) is 19.4.